The maximum absolute atomic E-state index is 2.36. The zero-order valence-electron chi connectivity index (χ0n) is 49.7. The van der Waals surface area contributed by atoms with Gasteiger partial charge in [-0.05, 0) is 51.4 Å². The van der Waals surface area contributed by atoms with Crippen LogP contribution >= 0.6 is 7.26 Å². The summed E-state index contributed by atoms with van der Waals surface area (Å²) >= 11 is 0. The van der Waals surface area contributed by atoms with Crippen molar-refractivity contribution in [1.29, 1.82) is 0 Å². The van der Waals surface area contributed by atoms with Crippen molar-refractivity contribution in [3.63, 3.8) is 0 Å². The molecule has 0 aliphatic heterocycles. The molecule has 0 amide bonds. The average Bonchev–Trinajstić information content (AvgIpc) is 3.36. The van der Waals surface area contributed by atoms with Gasteiger partial charge >= 0.3 is 0 Å². The van der Waals surface area contributed by atoms with Crippen molar-refractivity contribution in [2.24, 2.45) is 0 Å². The fourth-order valence-electron chi connectivity index (χ4n) is 11.9. The number of hydrogen-bond donors (Lipinski definition) is 0. The van der Waals surface area contributed by atoms with Crippen molar-refractivity contribution in [3.8, 4) is 0 Å². The van der Waals surface area contributed by atoms with E-state index in [0.29, 0.717) is 0 Å². The summed E-state index contributed by atoms with van der Waals surface area (Å²) in [4.78, 5) is 0. The molecule has 0 aromatic carbocycles. The maximum atomic E-state index is 2.36. The smallest absolute Gasteiger partial charge is 0.0594 e. The molecule has 0 atom stereocenters. The van der Waals surface area contributed by atoms with Gasteiger partial charge in [0.25, 0.3) is 0 Å². The Labute approximate surface area is 442 Å². The Bertz CT molecular complexity index is 771. The van der Waals surface area contributed by atoms with Gasteiger partial charge in [0.15, 0.2) is 0 Å². The molecule has 0 aromatic heterocycles. The van der Waals surface area contributed by atoms with Crippen molar-refractivity contribution >= 4 is 7.26 Å². The minimum atomic E-state index is -0.836. The molecular weight excluding hydrogens is 848 g/mol. The van der Waals surface area contributed by atoms with Gasteiger partial charge in [0, 0.05) is 7.26 Å². The summed E-state index contributed by atoms with van der Waals surface area (Å²) in [6.45, 7) is 9.35. The summed E-state index contributed by atoms with van der Waals surface area (Å²) in [5.41, 5.74) is 0. The molecular formula is C68H140P+. The molecule has 0 nitrogen and oxygen atoms in total. The van der Waals surface area contributed by atoms with Crippen molar-refractivity contribution in [2.45, 2.75) is 413 Å². The molecule has 0 aliphatic carbocycles. The third-order valence-corrected chi connectivity index (χ3v) is 22.0. The van der Waals surface area contributed by atoms with Crippen LogP contribution in [0, 0.1) is 0 Å². The van der Waals surface area contributed by atoms with E-state index in [9.17, 15) is 0 Å². The molecule has 69 heavy (non-hydrogen) atoms. The molecule has 0 radical (unpaired) electrons. The van der Waals surface area contributed by atoms with Gasteiger partial charge in [-0.25, -0.2) is 0 Å². The van der Waals surface area contributed by atoms with Gasteiger partial charge in [-0.3, -0.25) is 0 Å². The molecule has 0 fully saturated rings. The molecule has 0 rings (SSSR count). The van der Waals surface area contributed by atoms with Crippen molar-refractivity contribution in [1.82, 2.24) is 0 Å². The van der Waals surface area contributed by atoms with Crippen molar-refractivity contribution in [2.75, 3.05) is 24.6 Å². The highest BCUT2D eigenvalue weighted by molar-refractivity contribution is 7.75. The third-order valence-electron chi connectivity index (χ3n) is 16.9. The lowest BCUT2D eigenvalue weighted by Gasteiger charge is -2.28. The number of rotatable bonds is 64. The Kier molecular flexibility index (Phi) is 63.1. The summed E-state index contributed by atoms with van der Waals surface area (Å²) in [7, 11) is -0.836. The number of unbranched alkanes of at least 4 members (excludes halogenated alkanes) is 56. The Balaban J connectivity index is 4.82. The van der Waals surface area contributed by atoms with Crippen LogP contribution in [0.1, 0.15) is 413 Å². The van der Waals surface area contributed by atoms with E-state index in [1.54, 1.807) is 50.3 Å². The highest BCUT2D eigenvalue weighted by atomic mass is 31.2. The zero-order valence-corrected chi connectivity index (χ0v) is 50.6. The molecule has 0 heterocycles. The van der Waals surface area contributed by atoms with E-state index in [-0.39, 0.29) is 0 Å². The van der Waals surface area contributed by atoms with Crippen molar-refractivity contribution < 1.29 is 0 Å². The topological polar surface area (TPSA) is 0 Å². The van der Waals surface area contributed by atoms with E-state index < -0.39 is 7.26 Å². The monoisotopic (exact) mass is 988 g/mol. The summed E-state index contributed by atoms with van der Waals surface area (Å²) in [6.07, 6.45) is 96.3. The first kappa shape index (κ1) is 69.4. The first-order chi connectivity index (χ1) is 34.2. The lowest BCUT2D eigenvalue weighted by atomic mass is 10.0. The summed E-state index contributed by atoms with van der Waals surface area (Å²) in [6, 6.07) is 0. The second-order valence-electron chi connectivity index (χ2n) is 24.0. The maximum Gasteiger partial charge on any atom is 0.0594 e. The van der Waals surface area contributed by atoms with E-state index in [4.69, 9.17) is 0 Å². The molecule has 0 unspecified atom stereocenters. The van der Waals surface area contributed by atoms with Crippen LogP contribution in [0.2, 0.25) is 0 Å². The first-order valence-electron chi connectivity index (χ1n) is 34.1. The van der Waals surface area contributed by atoms with E-state index in [0.717, 1.165) is 0 Å². The minimum absolute atomic E-state index is 0.836. The van der Waals surface area contributed by atoms with Crippen LogP contribution in [-0.2, 0) is 0 Å². The molecule has 0 N–H and O–H groups in total. The fourth-order valence-corrected chi connectivity index (χ4v) is 16.9. The van der Waals surface area contributed by atoms with Crippen molar-refractivity contribution in [3.05, 3.63) is 0 Å². The van der Waals surface area contributed by atoms with Gasteiger partial charge in [0.1, 0.15) is 0 Å². The second-order valence-corrected chi connectivity index (χ2v) is 28.5. The van der Waals surface area contributed by atoms with E-state index in [2.05, 4.69) is 27.7 Å². The lowest BCUT2D eigenvalue weighted by Crippen LogP contribution is -2.13. The van der Waals surface area contributed by atoms with E-state index >= 15 is 0 Å². The van der Waals surface area contributed by atoms with Gasteiger partial charge in [-0.15, -0.1) is 0 Å². The largest absolute Gasteiger partial charge is 0.0654 e. The van der Waals surface area contributed by atoms with E-state index in [1.807, 2.05) is 0 Å². The summed E-state index contributed by atoms with van der Waals surface area (Å²) in [5, 5.41) is 0. The molecule has 0 saturated heterocycles. The molecule has 0 spiro atoms. The third kappa shape index (κ3) is 57.6. The van der Waals surface area contributed by atoms with Crippen LogP contribution in [0.4, 0.5) is 0 Å². The van der Waals surface area contributed by atoms with Gasteiger partial charge in [-0.2, -0.15) is 0 Å². The SMILES string of the molecule is CCCCCCCCCCCCCCCCCCC[P+](CCCCCCCCCCC)(CCCCCCCCCCCCCCCCCCC)CCCCCCCCCCCCCCCCCCC. The minimum Gasteiger partial charge on any atom is -0.0654 e. The van der Waals surface area contributed by atoms with Crippen LogP contribution in [-0.4, -0.2) is 24.6 Å². The standard InChI is InChI=1S/C68H140P/c1-5-9-13-17-21-25-28-31-34-37-40-43-46-50-54-58-62-66-69(65-61-57-53-49-24-20-16-12-8-4,67-63-59-55-51-47-44-41-38-35-32-29-26-22-18-14-10-6-2)68-64-60-56-52-48-45-42-39-36-33-30-27-23-19-15-11-7-3/h5-68H2,1-4H3/q+1. The van der Waals surface area contributed by atoms with Crippen LogP contribution < -0.4 is 0 Å². The molecule has 1 heteroatoms. The van der Waals surface area contributed by atoms with Gasteiger partial charge in [0.05, 0.1) is 24.6 Å². The first-order valence-corrected chi connectivity index (χ1v) is 36.6. The molecule has 0 saturated carbocycles. The average molecular weight is 989 g/mol. The highest BCUT2D eigenvalue weighted by Crippen LogP contribution is 2.61. The normalized spacial score (nSPS) is 12.0. The highest BCUT2D eigenvalue weighted by Gasteiger charge is 2.35. The fraction of sp³-hybridized carbons (Fsp3) is 1.00. The Morgan fingerprint density at radius 2 is 0.203 bits per heavy atom. The van der Waals surface area contributed by atoms with Crippen LogP contribution in [0.5, 0.6) is 0 Å². The Hall–Kier alpha value is 0.430. The predicted octanol–water partition coefficient (Wildman–Crippen LogP) is 26.5. The molecule has 416 valence electrons. The van der Waals surface area contributed by atoms with Gasteiger partial charge in [-0.1, -0.05) is 362 Å². The zero-order chi connectivity index (χ0) is 49.8. The summed E-state index contributed by atoms with van der Waals surface area (Å²) in [5.74, 6) is 0. The van der Waals surface area contributed by atoms with Crippen LogP contribution in [0.15, 0.2) is 0 Å². The molecule has 0 aliphatic rings. The Morgan fingerprint density at radius 1 is 0.116 bits per heavy atom. The number of hydrogen-bond acceptors (Lipinski definition) is 0. The Morgan fingerprint density at radius 3 is 0.304 bits per heavy atom. The van der Waals surface area contributed by atoms with Gasteiger partial charge in [0.2, 0.25) is 0 Å². The molecule has 0 bridgehead atoms. The quantitative estimate of drug-likeness (QED) is 0.0421. The second kappa shape index (κ2) is 62.7. The summed E-state index contributed by atoms with van der Waals surface area (Å²) < 4.78 is 0. The predicted molar refractivity (Wildman–Crippen MR) is 326 cm³/mol. The molecule has 0 aromatic rings. The van der Waals surface area contributed by atoms with Crippen LogP contribution in [0.3, 0.4) is 0 Å². The van der Waals surface area contributed by atoms with Crippen LogP contribution in [0.25, 0.3) is 0 Å². The lowest BCUT2D eigenvalue weighted by molar-refractivity contribution is 0.528. The van der Waals surface area contributed by atoms with E-state index in [1.165, 1.54) is 360 Å². The van der Waals surface area contributed by atoms with Gasteiger partial charge < -0.3 is 0 Å².